The molecule has 1 heterocycles. The van der Waals surface area contributed by atoms with Gasteiger partial charge in [-0.3, -0.25) is 0 Å². The molecule has 1 fully saturated rings. The van der Waals surface area contributed by atoms with E-state index >= 15 is 0 Å². The first-order chi connectivity index (χ1) is 15.4. The molecule has 1 unspecified atom stereocenters. The molecule has 0 saturated heterocycles. The second-order valence-corrected chi connectivity index (χ2v) is 8.90. The van der Waals surface area contributed by atoms with Gasteiger partial charge in [0.2, 0.25) is 11.7 Å². The van der Waals surface area contributed by atoms with E-state index in [4.69, 9.17) is 20.3 Å². The Hall–Kier alpha value is -2.88. The van der Waals surface area contributed by atoms with Gasteiger partial charge in [-0.1, -0.05) is 30.9 Å². The standard InChI is InChI=1S/C26H32N4O2/c1-4-31-23-11-14-25(15-12-23)13-6-5-9-21(22-10-7-8-20(17-22)18-27)16-19(2)26(25)29-24(28)30(3)32-26/h5,7-10,16-17,23H,2,4,6,11-15H2,1,3H3,(H2,28,29)/b9-5-,21-16+. The third kappa shape index (κ3) is 3.87. The smallest absolute Gasteiger partial charge is 0.219 e. The molecule has 2 aliphatic carbocycles. The minimum atomic E-state index is -0.951. The fourth-order valence-electron chi connectivity index (χ4n) is 5.34. The molecule has 1 aromatic rings. The van der Waals surface area contributed by atoms with Gasteiger partial charge in [0.05, 0.1) is 17.7 Å². The predicted molar refractivity (Wildman–Crippen MR) is 126 cm³/mol. The molecule has 2 N–H and O–H groups in total. The van der Waals surface area contributed by atoms with Crippen molar-refractivity contribution in [3.05, 3.63) is 65.8 Å². The second kappa shape index (κ2) is 8.93. The molecular weight excluding hydrogens is 400 g/mol. The molecular formula is C26H32N4O2. The van der Waals surface area contributed by atoms with Crippen LogP contribution in [0.3, 0.4) is 0 Å². The Morgan fingerprint density at radius 2 is 2.12 bits per heavy atom. The van der Waals surface area contributed by atoms with Gasteiger partial charge in [0.25, 0.3) is 0 Å². The van der Waals surface area contributed by atoms with E-state index in [1.165, 1.54) is 0 Å². The average molecular weight is 433 g/mol. The van der Waals surface area contributed by atoms with Crippen LogP contribution < -0.4 is 5.73 Å². The summed E-state index contributed by atoms with van der Waals surface area (Å²) in [5, 5.41) is 10.9. The zero-order valence-corrected chi connectivity index (χ0v) is 19.0. The van der Waals surface area contributed by atoms with E-state index in [1.54, 1.807) is 12.1 Å². The molecule has 6 nitrogen and oxygen atoms in total. The molecule has 0 radical (unpaired) electrons. The van der Waals surface area contributed by atoms with Gasteiger partial charge in [0.15, 0.2) is 0 Å². The normalized spacial score (nSPS) is 33.1. The number of nitriles is 1. The predicted octanol–water partition coefficient (Wildman–Crippen LogP) is 4.70. The van der Waals surface area contributed by atoms with Gasteiger partial charge >= 0.3 is 0 Å². The summed E-state index contributed by atoms with van der Waals surface area (Å²) in [5.41, 5.74) is 8.42. The fraction of sp³-hybridized carbons (Fsp3) is 0.462. The van der Waals surface area contributed by atoms with Crippen LogP contribution in [0.5, 0.6) is 0 Å². The number of benzene rings is 1. The van der Waals surface area contributed by atoms with Crippen molar-refractivity contribution in [2.24, 2.45) is 16.1 Å². The molecule has 1 aliphatic heterocycles. The molecule has 0 amide bonds. The Morgan fingerprint density at radius 3 is 2.78 bits per heavy atom. The van der Waals surface area contributed by atoms with Crippen LogP contribution in [0.4, 0.5) is 0 Å². The van der Waals surface area contributed by atoms with E-state index in [0.29, 0.717) is 11.5 Å². The highest BCUT2D eigenvalue weighted by Crippen LogP contribution is 2.56. The fourth-order valence-corrected chi connectivity index (χ4v) is 5.34. The van der Waals surface area contributed by atoms with Crippen molar-refractivity contribution in [1.82, 2.24) is 5.06 Å². The first kappa shape index (κ1) is 22.3. The molecule has 2 spiro atoms. The Kier molecular flexibility index (Phi) is 6.23. The zero-order chi connectivity index (χ0) is 22.8. The summed E-state index contributed by atoms with van der Waals surface area (Å²) in [6.45, 7) is 7.24. The Labute approximate surface area is 190 Å². The van der Waals surface area contributed by atoms with Crippen LogP contribution in [-0.2, 0) is 9.57 Å². The van der Waals surface area contributed by atoms with Crippen LogP contribution in [0.25, 0.3) is 5.57 Å². The number of rotatable bonds is 3. The maximum absolute atomic E-state index is 9.34. The van der Waals surface area contributed by atoms with Gasteiger partial charge < -0.3 is 10.5 Å². The van der Waals surface area contributed by atoms with E-state index in [2.05, 4.69) is 24.8 Å². The number of guanidine groups is 1. The first-order valence-electron chi connectivity index (χ1n) is 11.4. The van der Waals surface area contributed by atoms with Gasteiger partial charge in [0, 0.05) is 24.6 Å². The van der Waals surface area contributed by atoms with E-state index in [9.17, 15) is 5.26 Å². The zero-order valence-electron chi connectivity index (χ0n) is 19.0. The van der Waals surface area contributed by atoms with Gasteiger partial charge in [-0.2, -0.15) is 5.26 Å². The Morgan fingerprint density at radius 1 is 1.34 bits per heavy atom. The van der Waals surface area contributed by atoms with Crippen LogP contribution in [0.1, 0.15) is 56.6 Å². The average Bonchev–Trinajstić information content (AvgIpc) is 3.14. The summed E-state index contributed by atoms with van der Waals surface area (Å²) in [7, 11) is 1.80. The lowest BCUT2D eigenvalue weighted by molar-refractivity contribution is -0.214. The molecule has 168 valence electrons. The summed E-state index contributed by atoms with van der Waals surface area (Å²) in [6.07, 6.45) is 12.3. The van der Waals surface area contributed by atoms with Crippen LogP contribution in [0.2, 0.25) is 0 Å². The third-order valence-corrected chi connectivity index (χ3v) is 7.05. The van der Waals surface area contributed by atoms with Gasteiger partial charge in [-0.05, 0) is 74.8 Å². The SMILES string of the molecule is C=C1/C=C(c2cccc(C#N)c2)\C=C/CCC2(CCC(OCC)CC2)C12N=C(N)N(C)O2. The lowest BCUT2D eigenvalue weighted by Gasteiger charge is -2.49. The number of allylic oxidation sites excluding steroid dienone is 3. The summed E-state index contributed by atoms with van der Waals surface area (Å²) >= 11 is 0. The van der Waals surface area contributed by atoms with Crippen molar-refractivity contribution >= 4 is 11.5 Å². The number of hydrogen-bond donors (Lipinski definition) is 1. The number of ether oxygens (including phenoxy) is 1. The maximum Gasteiger partial charge on any atom is 0.219 e. The van der Waals surface area contributed by atoms with Gasteiger partial charge in [-0.25, -0.2) is 14.9 Å². The highest BCUT2D eigenvalue weighted by molar-refractivity contribution is 5.81. The Balaban J connectivity index is 1.78. The first-order valence-corrected chi connectivity index (χ1v) is 11.4. The quantitative estimate of drug-likeness (QED) is 0.748. The second-order valence-electron chi connectivity index (χ2n) is 8.90. The van der Waals surface area contributed by atoms with Crippen LogP contribution >= 0.6 is 0 Å². The van der Waals surface area contributed by atoms with Crippen molar-refractivity contribution in [2.45, 2.75) is 57.3 Å². The number of hydroxylamine groups is 2. The number of fused-ring (bicyclic) bond motifs is 1. The minimum Gasteiger partial charge on any atom is -0.379 e. The summed E-state index contributed by atoms with van der Waals surface area (Å²) in [4.78, 5) is 11.4. The van der Waals surface area contributed by atoms with Crippen molar-refractivity contribution in [2.75, 3.05) is 13.7 Å². The lowest BCUT2D eigenvalue weighted by Crippen LogP contribution is -2.52. The van der Waals surface area contributed by atoms with Gasteiger partial charge in [0.1, 0.15) is 0 Å². The van der Waals surface area contributed by atoms with E-state index in [-0.39, 0.29) is 11.5 Å². The number of hydrogen-bond acceptors (Lipinski definition) is 6. The molecule has 1 atom stereocenters. The van der Waals surface area contributed by atoms with Gasteiger partial charge in [-0.15, -0.1) is 0 Å². The molecule has 3 aliphatic rings. The Bertz CT molecular complexity index is 1010. The number of nitrogens with two attached hydrogens (primary N) is 1. The van der Waals surface area contributed by atoms with Crippen LogP contribution in [-0.4, -0.2) is 36.5 Å². The highest BCUT2D eigenvalue weighted by atomic mass is 16.7. The summed E-state index contributed by atoms with van der Waals surface area (Å²) in [5.74, 6) is 0.367. The highest BCUT2D eigenvalue weighted by Gasteiger charge is 2.58. The lowest BCUT2D eigenvalue weighted by atomic mass is 9.62. The number of aliphatic imine (C=N–C) groups is 1. The molecule has 1 aromatic carbocycles. The van der Waals surface area contributed by atoms with E-state index in [1.807, 2.05) is 37.3 Å². The summed E-state index contributed by atoms with van der Waals surface area (Å²) < 4.78 is 5.93. The maximum atomic E-state index is 9.34. The summed E-state index contributed by atoms with van der Waals surface area (Å²) in [6, 6.07) is 9.85. The topological polar surface area (TPSA) is 83.9 Å². The molecule has 0 aromatic heterocycles. The van der Waals surface area contributed by atoms with Crippen LogP contribution in [0, 0.1) is 16.7 Å². The van der Waals surface area contributed by atoms with E-state index in [0.717, 1.165) is 61.8 Å². The van der Waals surface area contributed by atoms with Crippen molar-refractivity contribution in [3.63, 3.8) is 0 Å². The molecule has 32 heavy (non-hydrogen) atoms. The molecule has 0 bridgehead atoms. The molecule has 6 heteroatoms. The van der Waals surface area contributed by atoms with Crippen molar-refractivity contribution in [1.29, 1.82) is 5.26 Å². The third-order valence-electron chi connectivity index (χ3n) is 7.05. The van der Waals surface area contributed by atoms with Crippen molar-refractivity contribution in [3.8, 4) is 6.07 Å². The van der Waals surface area contributed by atoms with E-state index < -0.39 is 5.72 Å². The minimum absolute atomic E-state index is 0.224. The number of nitrogens with zero attached hydrogens (tertiary/aromatic N) is 3. The van der Waals surface area contributed by atoms with Crippen LogP contribution in [0.15, 0.2) is 59.6 Å². The molecule has 4 rings (SSSR count). The molecule has 1 saturated carbocycles. The monoisotopic (exact) mass is 432 g/mol. The largest absolute Gasteiger partial charge is 0.379 e. The van der Waals surface area contributed by atoms with Crippen molar-refractivity contribution < 1.29 is 9.57 Å².